The van der Waals surface area contributed by atoms with Gasteiger partial charge in [-0.1, -0.05) is 0 Å². The number of aliphatic hydroxyl groups excluding tert-OH is 5. The van der Waals surface area contributed by atoms with E-state index in [1.54, 1.807) is 7.05 Å². The van der Waals surface area contributed by atoms with E-state index in [0.29, 0.717) is 0 Å². The van der Waals surface area contributed by atoms with Crippen LogP contribution in [0.3, 0.4) is 0 Å². The Morgan fingerprint density at radius 3 is 1.85 bits per heavy atom. The summed E-state index contributed by atoms with van der Waals surface area (Å²) < 4.78 is 23.0. The van der Waals surface area contributed by atoms with Crippen molar-refractivity contribution < 1.29 is 44.5 Å². The summed E-state index contributed by atoms with van der Waals surface area (Å²) in [6, 6.07) is -3.70. The van der Waals surface area contributed by atoms with Crippen molar-refractivity contribution in [3.63, 3.8) is 0 Å². The van der Waals surface area contributed by atoms with Crippen molar-refractivity contribution in [2.45, 2.75) is 98.1 Å². The fraction of sp³-hybridized carbons (Fsp3) is 1.00. The van der Waals surface area contributed by atoms with Gasteiger partial charge in [0.05, 0.1) is 18.2 Å². The Morgan fingerprint density at radius 1 is 0.735 bits per heavy atom. The van der Waals surface area contributed by atoms with Gasteiger partial charge in [-0.05, 0) is 13.5 Å². The predicted octanol–water partition coefficient (Wildman–Crippen LogP) is -7.10. The van der Waals surface area contributed by atoms with Gasteiger partial charge >= 0.3 is 0 Å². The van der Waals surface area contributed by atoms with Gasteiger partial charge in [-0.2, -0.15) is 0 Å². The molecule has 0 spiro atoms. The minimum Gasteiger partial charge on any atom is -0.389 e. The van der Waals surface area contributed by atoms with Crippen molar-refractivity contribution in [1.82, 2.24) is 5.32 Å². The van der Waals surface area contributed by atoms with E-state index in [0.717, 1.165) is 0 Å². The highest BCUT2D eigenvalue weighted by Crippen LogP contribution is 2.30. The van der Waals surface area contributed by atoms with Crippen LogP contribution in [0.25, 0.3) is 0 Å². The molecule has 0 unspecified atom stereocenters. The number of nitrogens with one attached hydrogen (secondary N) is 1. The predicted molar refractivity (Wildman–Crippen MR) is 117 cm³/mol. The van der Waals surface area contributed by atoms with Crippen LogP contribution in [0.4, 0.5) is 0 Å². The number of ether oxygens (including phenoxy) is 4. The molecule has 0 bridgehead atoms. The normalized spacial score (nSPS) is 52.5. The zero-order valence-corrected chi connectivity index (χ0v) is 19.0. The van der Waals surface area contributed by atoms with Crippen LogP contribution in [0, 0.1) is 0 Å². The molecule has 16 N–H and O–H groups in total. The van der Waals surface area contributed by atoms with Gasteiger partial charge in [-0.15, -0.1) is 0 Å². The monoisotopic (exact) mass is 496 g/mol. The molecule has 3 rings (SSSR count). The number of nitrogens with two attached hydrogens (primary N) is 5. The van der Waals surface area contributed by atoms with Crippen molar-refractivity contribution in [3.8, 4) is 0 Å². The second-order valence-electron chi connectivity index (χ2n) is 9.25. The largest absolute Gasteiger partial charge is 0.389 e. The molecule has 1 saturated carbocycles. The minimum atomic E-state index is -1.41. The lowest BCUT2D eigenvalue weighted by molar-refractivity contribution is -0.316. The first-order chi connectivity index (χ1) is 16.0. The van der Waals surface area contributed by atoms with E-state index < -0.39 is 91.7 Å². The zero-order valence-electron chi connectivity index (χ0n) is 19.0. The van der Waals surface area contributed by atoms with Gasteiger partial charge in [0, 0.05) is 25.2 Å². The Morgan fingerprint density at radius 2 is 1.29 bits per heavy atom. The number of aliphatic hydroxyl groups is 5. The van der Waals surface area contributed by atoms with Gasteiger partial charge in [-0.25, -0.2) is 0 Å². The van der Waals surface area contributed by atoms with Crippen molar-refractivity contribution in [2.24, 2.45) is 28.7 Å². The molecule has 0 radical (unpaired) electrons. The fourth-order valence-electron chi connectivity index (χ4n) is 4.67. The van der Waals surface area contributed by atoms with E-state index in [9.17, 15) is 25.5 Å². The van der Waals surface area contributed by atoms with Gasteiger partial charge < -0.3 is 78.5 Å². The molecular formula is C19H40N6O9. The molecule has 0 aromatic carbocycles. The molecule has 0 aromatic rings. The first-order valence-electron chi connectivity index (χ1n) is 11.4. The Kier molecular flexibility index (Phi) is 9.57. The third kappa shape index (κ3) is 5.54. The Bertz CT molecular complexity index is 653. The van der Waals surface area contributed by atoms with Crippen LogP contribution in [-0.4, -0.2) is 137 Å². The van der Waals surface area contributed by atoms with E-state index in [1.807, 2.05) is 0 Å². The second kappa shape index (κ2) is 11.6. The van der Waals surface area contributed by atoms with Gasteiger partial charge in [0.1, 0.15) is 48.8 Å². The molecule has 1 aliphatic carbocycles. The summed E-state index contributed by atoms with van der Waals surface area (Å²) in [6.07, 6.45) is -12.9. The summed E-state index contributed by atoms with van der Waals surface area (Å²) in [5, 5.41) is 54.9. The van der Waals surface area contributed by atoms with Gasteiger partial charge in [0.25, 0.3) is 0 Å². The molecule has 2 aliphatic heterocycles. The van der Waals surface area contributed by atoms with Crippen molar-refractivity contribution >= 4 is 0 Å². The lowest BCUT2D eigenvalue weighted by Crippen LogP contribution is -2.69. The zero-order chi connectivity index (χ0) is 25.3. The Hall–Kier alpha value is -0.600. The summed E-state index contributed by atoms with van der Waals surface area (Å²) in [5.41, 5.74) is 29.9. The molecule has 34 heavy (non-hydrogen) atoms. The molecule has 15 heteroatoms. The molecule has 0 aromatic heterocycles. The lowest BCUT2D eigenvalue weighted by Gasteiger charge is -2.48. The topological polar surface area (TPSA) is 280 Å². The van der Waals surface area contributed by atoms with Gasteiger partial charge in [0.2, 0.25) is 0 Å². The van der Waals surface area contributed by atoms with E-state index in [1.165, 1.54) is 0 Å². The second-order valence-corrected chi connectivity index (χ2v) is 9.25. The van der Waals surface area contributed by atoms with Crippen LogP contribution in [0.1, 0.15) is 6.42 Å². The first kappa shape index (κ1) is 28.0. The maximum atomic E-state index is 11.1. The third-order valence-electron chi connectivity index (χ3n) is 6.79. The van der Waals surface area contributed by atoms with Crippen LogP contribution >= 0.6 is 0 Å². The molecule has 15 atom stereocenters. The summed E-state index contributed by atoms with van der Waals surface area (Å²) in [6.45, 7) is 0.141. The summed E-state index contributed by atoms with van der Waals surface area (Å²) in [5.74, 6) is 0. The highest BCUT2D eigenvalue weighted by Gasteiger charge is 2.51. The minimum absolute atomic E-state index is 0.0997. The average Bonchev–Trinajstić information content (AvgIpc) is 2.80. The maximum Gasteiger partial charge on any atom is 0.186 e. The molecule has 200 valence electrons. The molecule has 3 aliphatic rings. The molecular weight excluding hydrogens is 456 g/mol. The number of rotatable bonds is 7. The molecule has 3 fully saturated rings. The lowest BCUT2D eigenvalue weighted by atomic mass is 9.84. The van der Waals surface area contributed by atoms with E-state index >= 15 is 0 Å². The number of hydrogen-bond donors (Lipinski definition) is 11. The van der Waals surface area contributed by atoms with Crippen LogP contribution in [0.15, 0.2) is 0 Å². The fourth-order valence-corrected chi connectivity index (χ4v) is 4.67. The highest BCUT2D eigenvalue weighted by molar-refractivity contribution is 5.01. The SMILES string of the molecule is CNC[C@H]1O[C@H](O[C@@H]2[C@@H](O)[C@H](O[C@H]3O[C@H](CN)[C@@H](O)[C@H](O)[C@H]3N)[C@@H](N)C[C@H]2N)[C@H](O)[C@@H](N)[C@@H]1O. The quantitative estimate of drug-likeness (QED) is 0.156. The van der Waals surface area contributed by atoms with Crippen LogP contribution in [-0.2, 0) is 18.9 Å². The van der Waals surface area contributed by atoms with Crippen molar-refractivity contribution in [3.05, 3.63) is 0 Å². The molecule has 0 amide bonds. The summed E-state index contributed by atoms with van der Waals surface area (Å²) in [4.78, 5) is 0. The average molecular weight is 497 g/mol. The number of likely N-dealkylation sites (N-methyl/N-ethyl adjacent to an activating group) is 1. The van der Waals surface area contributed by atoms with E-state index in [2.05, 4.69) is 5.32 Å². The highest BCUT2D eigenvalue weighted by atomic mass is 16.7. The Balaban J connectivity index is 1.72. The molecule has 2 heterocycles. The van der Waals surface area contributed by atoms with Crippen LogP contribution < -0.4 is 34.0 Å². The van der Waals surface area contributed by atoms with Crippen LogP contribution in [0.2, 0.25) is 0 Å². The van der Waals surface area contributed by atoms with Gasteiger partial charge in [0.15, 0.2) is 12.6 Å². The summed E-state index contributed by atoms with van der Waals surface area (Å²) in [7, 11) is 1.66. The standard InChI is InChI=1S/C19H40N6O9/c1-25-4-8-11(26)9(23)14(29)19(32-8)34-17-6(22)2-5(21)16(15(17)30)33-18-10(24)13(28)12(27)7(3-20)31-18/h5-19,25-30H,2-4,20-24H2,1H3/t5-,6+,7+,8+,9-,10+,11+,12+,13+,14+,15-,16+,17-,18+,19+/m0/s1. The van der Waals surface area contributed by atoms with Gasteiger partial charge in [-0.3, -0.25) is 0 Å². The molecule has 2 saturated heterocycles. The van der Waals surface area contributed by atoms with E-state index in [4.69, 9.17) is 47.6 Å². The van der Waals surface area contributed by atoms with Crippen LogP contribution in [0.5, 0.6) is 0 Å². The number of hydrogen-bond acceptors (Lipinski definition) is 15. The molecule has 15 nitrogen and oxygen atoms in total. The third-order valence-corrected chi connectivity index (χ3v) is 6.79. The summed E-state index contributed by atoms with van der Waals surface area (Å²) >= 11 is 0. The Labute approximate surface area is 197 Å². The first-order valence-corrected chi connectivity index (χ1v) is 11.4. The maximum absolute atomic E-state index is 11.1. The van der Waals surface area contributed by atoms with E-state index in [-0.39, 0.29) is 19.5 Å². The van der Waals surface area contributed by atoms with Crippen molar-refractivity contribution in [1.29, 1.82) is 0 Å². The van der Waals surface area contributed by atoms with Crippen molar-refractivity contribution in [2.75, 3.05) is 20.1 Å². The smallest absolute Gasteiger partial charge is 0.186 e.